The van der Waals surface area contributed by atoms with Gasteiger partial charge in [-0.15, -0.1) is 0 Å². The van der Waals surface area contributed by atoms with Crippen LogP contribution in [0.4, 0.5) is 11.6 Å². The summed E-state index contributed by atoms with van der Waals surface area (Å²) in [4.78, 5) is 24.5. The summed E-state index contributed by atoms with van der Waals surface area (Å²) in [6.07, 6.45) is 7.07. The lowest BCUT2D eigenvalue weighted by atomic mass is 10.1. The molecule has 130 valence electrons. The van der Waals surface area contributed by atoms with Gasteiger partial charge in [-0.05, 0) is 48.6 Å². The van der Waals surface area contributed by atoms with Crippen molar-refractivity contribution in [3.63, 3.8) is 0 Å². The highest BCUT2D eigenvalue weighted by Crippen LogP contribution is 2.24. The Hall–Kier alpha value is -2.47. The van der Waals surface area contributed by atoms with Crippen LogP contribution in [-0.4, -0.2) is 48.6 Å². The molecule has 6 heteroatoms. The Labute approximate surface area is 147 Å². The van der Waals surface area contributed by atoms with E-state index in [9.17, 15) is 4.79 Å². The maximum Gasteiger partial charge on any atom is 0.279 e. The second kappa shape index (κ2) is 7.19. The number of nitrogens with one attached hydrogen (secondary N) is 2. The van der Waals surface area contributed by atoms with Gasteiger partial charge in [0, 0.05) is 18.1 Å². The zero-order valence-corrected chi connectivity index (χ0v) is 14.4. The Balaban J connectivity index is 1.28. The number of carbonyl (C=O) groups excluding carboxylic acids is 1. The molecule has 2 aliphatic rings. The van der Waals surface area contributed by atoms with E-state index >= 15 is 0 Å². The smallest absolute Gasteiger partial charge is 0.279 e. The van der Waals surface area contributed by atoms with Crippen LogP contribution in [0.15, 0.2) is 36.7 Å². The van der Waals surface area contributed by atoms with Gasteiger partial charge in [0.2, 0.25) is 5.95 Å². The highest BCUT2D eigenvalue weighted by molar-refractivity contribution is 5.91. The Kier molecular flexibility index (Phi) is 4.61. The minimum atomic E-state index is 0.0948. The van der Waals surface area contributed by atoms with E-state index in [2.05, 4.69) is 32.3 Å². The molecule has 1 aromatic heterocycles. The number of nitrogens with zero attached hydrogens (tertiary/aromatic N) is 3. The highest BCUT2D eigenvalue weighted by atomic mass is 16.2. The quantitative estimate of drug-likeness (QED) is 0.842. The summed E-state index contributed by atoms with van der Waals surface area (Å²) in [5.74, 6) is 0.876. The van der Waals surface area contributed by atoms with Crippen molar-refractivity contribution >= 4 is 17.5 Å². The maximum atomic E-state index is 12.4. The lowest BCUT2D eigenvalue weighted by Crippen LogP contribution is -3.15. The summed E-state index contributed by atoms with van der Waals surface area (Å²) in [5, 5.41) is 3.06. The molecule has 0 atom stereocenters. The zero-order chi connectivity index (χ0) is 17.1. The first-order chi connectivity index (χ1) is 12.3. The molecule has 2 aromatic rings. The van der Waals surface area contributed by atoms with Crippen molar-refractivity contribution in [2.75, 3.05) is 42.9 Å². The highest BCUT2D eigenvalue weighted by Gasteiger charge is 2.23. The molecular weight excluding hydrogens is 314 g/mol. The van der Waals surface area contributed by atoms with Crippen LogP contribution < -0.4 is 15.1 Å². The van der Waals surface area contributed by atoms with Gasteiger partial charge in [-0.1, -0.05) is 6.07 Å². The molecule has 0 spiro atoms. The first kappa shape index (κ1) is 16.0. The first-order valence-electron chi connectivity index (χ1n) is 9.05. The van der Waals surface area contributed by atoms with E-state index in [0.717, 1.165) is 44.2 Å². The largest absolute Gasteiger partial charge is 0.330 e. The average Bonchev–Trinajstić information content (AvgIpc) is 3.11. The van der Waals surface area contributed by atoms with E-state index in [1.54, 1.807) is 12.4 Å². The number of carbonyl (C=O) groups is 1. The average molecular weight is 338 g/mol. The summed E-state index contributed by atoms with van der Waals surface area (Å²) in [5.41, 5.74) is 3.76. The van der Waals surface area contributed by atoms with Gasteiger partial charge in [-0.2, -0.15) is 0 Å². The maximum absolute atomic E-state index is 12.4. The molecule has 0 unspecified atom stereocenters. The van der Waals surface area contributed by atoms with E-state index in [1.807, 2.05) is 12.1 Å². The van der Waals surface area contributed by atoms with Crippen molar-refractivity contribution in [1.82, 2.24) is 9.97 Å². The monoisotopic (exact) mass is 338 g/mol. The fraction of sp³-hybridized carbons (Fsp3) is 0.421. The lowest BCUT2D eigenvalue weighted by molar-refractivity contribution is -0.892. The topological polar surface area (TPSA) is 62.6 Å². The van der Waals surface area contributed by atoms with E-state index < -0.39 is 0 Å². The van der Waals surface area contributed by atoms with E-state index in [-0.39, 0.29) is 5.91 Å². The molecule has 0 saturated carbocycles. The van der Waals surface area contributed by atoms with Crippen molar-refractivity contribution in [3.05, 3.63) is 47.8 Å². The number of anilines is 2. The predicted molar refractivity (Wildman–Crippen MR) is 96.9 cm³/mol. The van der Waals surface area contributed by atoms with Crippen LogP contribution in [0.5, 0.6) is 0 Å². The molecule has 1 aromatic carbocycles. The molecule has 2 N–H and O–H groups in total. The predicted octanol–water partition coefficient (Wildman–Crippen LogP) is 0.309. The lowest BCUT2D eigenvalue weighted by Gasteiger charge is -2.31. The number of quaternary nitrogens is 1. The molecule has 6 nitrogen and oxygen atoms in total. The standard InChI is InChI=1S/C19H23N5O/c25-18(22-17-6-5-15-3-1-4-16(15)13-17)14-23-9-11-24(12-10-23)19-20-7-2-8-21-19/h2,5-8,13H,1,3-4,9-12,14H2,(H,22,25)/p+1. The van der Waals surface area contributed by atoms with Crippen LogP contribution in [0, 0.1) is 0 Å². The van der Waals surface area contributed by atoms with E-state index in [1.165, 1.54) is 28.9 Å². The van der Waals surface area contributed by atoms with Gasteiger partial charge in [0.15, 0.2) is 6.54 Å². The zero-order valence-electron chi connectivity index (χ0n) is 14.4. The third kappa shape index (κ3) is 3.79. The number of hydrogen-bond acceptors (Lipinski definition) is 4. The van der Waals surface area contributed by atoms with Gasteiger partial charge in [0.1, 0.15) is 0 Å². The summed E-state index contributed by atoms with van der Waals surface area (Å²) in [6, 6.07) is 8.15. The summed E-state index contributed by atoms with van der Waals surface area (Å²) in [7, 11) is 0. The van der Waals surface area contributed by atoms with Gasteiger partial charge < -0.3 is 15.1 Å². The molecule has 2 heterocycles. The van der Waals surface area contributed by atoms with Crippen LogP contribution >= 0.6 is 0 Å². The van der Waals surface area contributed by atoms with Gasteiger partial charge in [0.05, 0.1) is 26.2 Å². The minimum absolute atomic E-state index is 0.0948. The van der Waals surface area contributed by atoms with Crippen LogP contribution in [0.25, 0.3) is 0 Å². The van der Waals surface area contributed by atoms with Crippen molar-refractivity contribution in [3.8, 4) is 0 Å². The molecule has 0 radical (unpaired) electrons. The second-order valence-electron chi connectivity index (χ2n) is 6.85. The number of piperazine rings is 1. The van der Waals surface area contributed by atoms with Gasteiger partial charge in [0.25, 0.3) is 5.91 Å². The Morgan fingerprint density at radius 1 is 1.12 bits per heavy atom. The number of amides is 1. The fourth-order valence-electron chi connectivity index (χ4n) is 3.74. The van der Waals surface area contributed by atoms with Gasteiger partial charge in [-0.25, -0.2) is 9.97 Å². The normalized spacial score (nSPS) is 17.4. The molecular formula is C19H24N5O+. The van der Waals surface area contributed by atoms with Crippen molar-refractivity contribution < 1.29 is 9.69 Å². The van der Waals surface area contributed by atoms with Crippen molar-refractivity contribution in [1.29, 1.82) is 0 Å². The molecule has 4 rings (SSSR count). The van der Waals surface area contributed by atoms with Crippen LogP contribution in [0.2, 0.25) is 0 Å². The number of fused-ring (bicyclic) bond motifs is 1. The summed E-state index contributed by atoms with van der Waals surface area (Å²) >= 11 is 0. The SMILES string of the molecule is O=C(C[NH+]1CCN(c2ncccn2)CC1)Nc1ccc2c(c1)CCC2. The van der Waals surface area contributed by atoms with E-state index in [0.29, 0.717) is 6.54 Å². The minimum Gasteiger partial charge on any atom is -0.330 e. The Bertz CT molecular complexity index is 741. The Morgan fingerprint density at radius 2 is 1.88 bits per heavy atom. The number of hydrogen-bond donors (Lipinski definition) is 2. The van der Waals surface area contributed by atoms with Crippen molar-refractivity contribution in [2.24, 2.45) is 0 Å². The summed E-state index contributed by atoms with van der Waals surface area (Å²) < 4.78 is 0. The Morgan fingerprint density at radius 3 is 2.68 bits per heavy atom. The number of benzene rings is 1. The third-order valence-electron chi connectivity index (χ3n) is 5.10. The van der Waals surface area contributed by atoms with Gasteiger partial charge >= 0.3 is 0 Å². The van der Waals surface area contributed by atoms with E-state index in [4.69, 9.17) is 0 Å². The van der Waals surface area contributed by atoms with Crippen molar-refractivity contribution in [2.45, 2.75) is 19.3 Å². The summed E-state index contributed by atoms with van der Waals surface area (Å²) in [6.45, 7) is 4.13. The second-order valence-corrected chi connectivity index (χ2v) is 6.85. The molecule has 1 saturated heterocycles. The number of aromatic nitrogens is 2. The fourth-order valence-corrected chi connectivity index (χ4v) is 3.74. The first-order valence-corrected chi connectivity index (χ1v) is 9.05. The third-order valence-corrected chi connectivity index (χ3v) is 5.10. The molecule has 1 amide bonds. The van der Waals surface area contributed by atoms with Gasteiger partial charge in [-0.3, -0.25) is 4.79 Å². The number of rotatable bonds is 4. The van der Waals surface area contributed by atoms with Crippen LogP contribution in [0.3, 0.4) is 0 Å². The molecule has 25 heavy (non-hydrogen) atoms. The molecule has 1 fully saturated rings. The molecule has 0 bridgehead atoms. The molecule has 1 aliphatic carbocycles. The molecule has 1 aliphatic heterocycles. The van der Waals surface area contributed by atoms with Crippen LogP contribution in [0.1, 0.15) is 17.5 Å². The van der Waals surface area contributed by atoms with Crippen LogP contribution in [-0.2, 0) is 17.6 Å². The number of aryl methyl sites for hydroxylation is 2.